The first kappa shape index (κ1) is 21.1. The van der Waals surface area contributed by atoms with Gasteiger partial charge in [-0.2, -0.15) is 18.3 Å². The molecule has 0 spiro atoms. The van der Waals surface area contributed by atoms with Crippen molar-refractivity contribution in [1.29, 1.82) is 0 Å². The second-order valence-electron chi connectivity index (χ2n) is 7.05. The number of hydrogen-bond donors (Lipinski definition) is 2. The summed E-state index contributed by atoms with van der Waals surface area (Å²) in [6.07, 6.45) is -3.34. The van der Waals surface area contributed by atoms with Gasteiger partial charge in [0.1, 0.15) is 0 Å². The summed E-state index contributed by atoms with van der Waals surface area (Å²) in [6, 6.07) is 16.5. The molecule has 162 valence electrons. The zero-order chi connectivity index (χ0) is 22.9. The smallest absolute Gasteiger partial charge is 0.417 e. The van der Waals surface area contributed by atoms with Crippen LogP contribution in [0.5, 0.6) is 0 Å². The Hall–Kier alpha value is -4.14. The number of hydrogen-bond acceptors (Lipinski definition) is 5. The number of anilines is 1. The first-order valence-electron chi connectivity index (χ1n) is 9.50. The van der Waals surface area contributed by atoms with Crippen LogP contribution >= 0.6 is 0 Å². The number of nitrogens with zero attached hydrogens (tertiary/aromatic N) is 2. The summed E-state index contributed by atoms with van der Waals surface area (Å²) < 4.78 is 46.7. The molecule has 0 aliphatic carbocycles. The van der Waals surface area contributed by atoms with E-state index in [2.05, 4.69) is 15.5 Å². The predicted molar refractivity (Wildman–Crippen MR) is 115 cm³/mol. The van der Waals surface area contributed by atoms with Gasteiger partial charge in [-0.1, -0.05) is 60.2 Å². The fourth-order valence-corrected chi connectivity index (χ4v) is 3.14. The number of pyridine rings is 1. The Balaban J connectivity index is 1.72. The number of carbonyl (C=O) groups is 1. The molecule has 4 rings (SSSR count). The van der Waals surface area contributed by atoms with Crippen LogP contribution in [0, 0.1) is 6.92 Å². The van der Waals surface area contributed by atoms with Gasteiger partial charge in [-0.3, -0.25) is 4.79 Å². The highest BCUT2D eigenvalue weighted by molar-refractivity contribution is 6.06. The Kier molecular flexibility index (Phi) is 5.40. The van der Waals surface area contributed by atoms with Crippen molar-refractivity contribution in [3.05, 3.63) is 83.1 Å². The number of fused-ring (bicyclic) bond motifs is 1. The highest BCUT2D eigenvalue weighted by Gasteiger charge is 2.37. The van der Waals surface area contributed by atoms with Crippen molar-refractivity contribution in [2.24, 2.45) is 5.10 Å². The van der Waals surface area contributed by atoms with E-state index < -0.39 is 34.5 Å². The third kappa shape index (κ3) is 4.18. The molecule has 9 heteroatoms. The number of nitrogens with two attached hydrogens (primary N) is 1. The van der Waals surface area contributed by atoms with Crippen LogP contribution in [0.15, 0.2) is 70.2 Å². The maximum absolute atomic E-state index is 13.8. The van der Waals surface area contributed by atoms with E-state index in [4.69, 9.17) is 10.2 Å². The molecule has 0 fully saturated rings. The number of benzene rings is 2. The van der Waals surface area contributed by atoms with Gasteiger partial charge >= 0.3 is 12.1 Å². The number of nitrogen functional groups attached to an aromatic ring is 1. The molecule has 0 unspecified atom stereocenters. The summed E-state index contributed by atoms with van der Waals surface area (Å²) in [4.78, 5) is 16.6. The van der Waals surface area contributed by atoms with E-state index in [0.717, 1.165) is 17.2 Å². The van der Waals surface area contributed by atoms with Gasteiger partial charge in [-0.15, -0.1) is 0 Å². The largest absolute Gasteiger partial charge is 0.430 e. The lowest BCUT2D eigenvalue weighted by atomic mass is 10.1. The van der Waals surface area contributed by atoms with Crippen LogP contribution in [0.1, 0.15) is 27.2 Å². The minimum Gasteiger partial charge on any atom is -0.430 e. The normalized spacial score (nSPS) is 11.9. The summed E-state index contributed by atoms with van der Waals surface area (Å²) in [5.41, 5.74) is 8.51. The summed E-state index contributed by atoms with van der Waals surface area (Å²) in [6.45, 7) is 1.93. The molecule has 0 atom stereocenters. The molecule has 4 aromatic rings. The molecular formula is C23H17F3N4O2. The van der Waals surface area contributed by atoms with E-state index in [9.17, 15) is 18.0 Å². The third-order valence-electron chi connectivity index (χ3n) is 4.74. The number of alkyl halides is 3. The maximum Gasteiger partial charge on any atom is 0.417 e. The van der Waals surface area contributed by atoms with Gasteiger partial charge in [0.05, 0.1) is 28.5 Å². The number of furan rings is 1. The summed E-state index contributed by atoms with van der Waals surface area (Å²) in [5.74, 6) is -1.39. The van der Waals surface area contributed by atoms with Gasteiger partial charge in [-0.05, 0) is 18.6 Å². The molecule has 2 heterocycles. The van der Waals surface area contributed by atoms with Crippen molar-refractivity contribution < 1.29 is 22.4 Å². The average Bonchev–Trinajstić information content (AvgIpc) is 3.11. The number of aromatic nitrogens is 1. The third-order valence-corrected chi connectivity index (χ3v) is 4.74. The minimum atomic E-state index is -4.74. The number of halogens is 3. The van der Waals surface area contributed by atoms with Crippen LogP contribution in [0.2, 0.25) is 0 Å². The Morgan fingerprint density at radius 1 is 1.12 bits per heavy atom. The zero-order valence-corrected chi connectivity index (χ0v) is 16.8. The van der Waals surface area contributed by atoms with Gasteiger partial charge in [0.2, 0.25) is 11.5 Å². The summed E-state index contributed by atoms with van der Waals surface area (Å²) in [7, 11) is 0. The second-order valence-corrected chi connectivity index (χ2v) is 7.05. The SMILES string of the molecule is Cc1ccc(/C=N/NC(=O)c2oc3nc(-c4ccccc4)cc(C(F)(F)F)c3c2N)cc1. The monoisotopic (exact) mass is 438 g/mol. The van der Waals surface area contributed by atoms with Crippen molar-refractivity contribution in [3.63, 3.8) is 0 Å². The molecule has 2 aromatic carbocycles. The topological polar surface area (TPSA) is 93.5 Å². The minimum absolute atomic E-state index is 0.0449. The summed E-state index contributed by atoms with van der Waals surface area (Å²) in [5, 5.41) is 3.34. The van der Waals surface area contributed by atoms with Gasteiger partial charge in [-0.25, -0.2) is 10.4 Å². The average molecular weight is 438 g/mol. The van der Waals surface area contributed by atoms with Crippen LogP contribution in [0.4, 0.5) is 18.9 Å². The van der Waals surface area contributed by atoms with E-state index in [-0.39, 0.29) is 11.4 Å². The van der Waals surface area contributed by atoms with E-state index in [1.165, 1.54) is 6.21 Å². The Bertz CT molecular complexity index is 1310. The van der Waals surface area contributed by atoms with Crippen molar-refractivity contribution in [1.82, 2.24) is 10.4 Å². The number of hydrazone groups is 1. The molecule has 0 aliphatic rings. The lowest BCUT2D eigenvalue weighted by Gasteiger charge is -2.10. The zero-order valence-electron chi connectivity index (χ0n) is 16.8. The molecule has 0 saturated carbocycles. The lowest BCUT2D eigenvalue weighted by Crippen LogP contribution is -2.18. The van der Waals surface area contributed by atoms with Crippen LogP contribution < -0.4 is 11.2 Å². The van der Waals surface area contributed by atoms with E-state index in [1.54, 1.807) is 42.5 Å². The van der Waals surface area contributed by atoms with Crippen LogP contribution in [0.25, 0.3) is 22.4 Å². The Morgan fingerprint density at radius 2 is 1.81 bits per heavy atom. The molecule has 3 N–H and O–H groups in total. The Morgan fingerprint density at radius 3 is 2.47 bits per heavy atom. The van der Waals surface area contributed by atoms with Crippen molar-refractivity contribution in [2.75, 3.05) is 5.73 Å². The number of carbonyl (C=O) groups excluding carboxylic acids is 1. The first-order valence-corrected chi connectivity index (χ1v) is 9.50. The van der Waals surface area contributed by atoms with E-state index >= 15 is 0 Å². The molecular weight excluding hydrogens is 421 g/mol. The highest BCUT2D eigenvalue weighted by atomic mass is 19.4. The molecule has 0 radical (unpaired) electrons. The molecule has 0 bridgehead atoms. The van der Waals surface area contributed by atoms with Crippen LogP contribution in [-0.4, -0.2) is 17.1 Å². The molecule has 32 heavy (non-hydrogen) atoms. The standard InChI is InChI=1S/C23H17F3N4O2/c1-13-7-9-14(10-8-13)12-28-30-21(31)20-19(27)18-16(23(24,25)26)11-17(29-22(18)32-20)15-5-3-2-4-6-15/h2-12H,27H2,1H3,(H,30,31)/b28-12+. The summed E-state index contributed by atoms with van der Waals surface area (Å²) >= 11 is 0. The molecule has 2 aromatic heterocycles. The Labute approximate surface area is 180 Å². The van der Waals surface area contributed by atoms with Crippen molar-refractivity contribution in [2.45, 2.75) is 13.1 Å². The number of nitrogens with one attached hydrogen (secondary N) is 1. The molecule has 1 amide bonds. The maximum atomic E-state index is 13.8. The second kappa shape index (κ2) is 8.18. The van der Waals surface area contributed by atoms with Crippen LogP contribution in [0.3, 0.4) is 0 Å². The molecule has 0 aliphatic heterocycles. The van der Waals surface area contributed by atoms with E-state index in [1.807, 2.05) is 19.1 Å². The number of aryl methyl sites for hydroxylation is 1. The predicted octanol–water partition coefficient (Wildman–Crippen LogP) is 5.17. The molecule has 6 nitrogen and oxygen atoms in total. The van der Waals surface area contributed by atoms with Crippen LogP contribution in [-0.2, 0) is 6.18 Å². The van der Waals surface area contributed by atoms with E-state index in [0.29, 0.717) is 5.56 Å². The van der Waals surface area contributed by atoms with Crippen molar-refractivity contribution >= 4 is 28.9 Å². The van der Waals surface area contributed by atoms with Crippen molar-refractivity contribution in [3.8, 4) is 11.3 Å². The van der Waals surface area contributed by atoms with Gasteiger partial charge in [0.15, 0.2) is 0 Å². The fourth-order valence-electron chi connectivity index (χ4n) is 3.14. The quantitative estimate of drug-likeness (QED) is 0.340. The lowest BCUT2D eigenvalue weighted by molar-refractivity contribution is -0.136. The van der Waals surface area contributed by atoms with Gasteiger partial charge in [0.25, 0.3) is 0 Å². The number of rotatable bonds is 4. The highest BCUT2D eigenvalue weighted by Crippen LogP contribution is 2.41. The molecule has 0 saturated heterocycles. The van der Waals surface area contributed by atoms with Gasteiger partial charge < -0.3 is 10.2 Å². The van der Waals surface area contributed by atoms with Gasteiger partial charge in [0, 0.05) is 5.56 Å². The number of amides is 1. The first-order chi connectivity index (χ1) is 15.2. The fraction of sp³-hybridized carbons (Fsp3) is 0.0870.